The molecule has 4 aromatic rings. The summed E-state index contributed by atoms with van der Waals surface area (Å²) >= 11 is 0. The third-order valence-corrected chi connectivity index (χ3v) is 4.96. The minimum atomic E-state index is -0.162. The lowest BCUT2D eigenvalue weighted by molar-refractivity contribution is 0.0950. The minimum Gasteiger partial charge on any atom is -0.350 e. The summed E-state index contributed by atoms with van der Waals surface area (Å²) in [5, 5.41) is 4.26. The summed E-state index contributed by atoms with van der Waals surface area (Å²) in [5.74, 6) is -0.162. The number of rotatable bonds is 5. The van der Waals surface area contributed by atoms with E-state index in [0.717, 1.165) is 17.6 Å². The molecule has 4 rings (SSSR count). The first-order valence-corrected chi connectivity index (χ1v) is 9.06. The number of imidazole rings is 1. The molecule has 0 saturated heterocycles. The van der Waals surface area contributed by atoms with Crippen LogP contribution >= 0.6 is 0 Å². The van der Waals surface area contributed by atoms with Gasteiger partial charge in [0.1, 0.15) is 11.3 Å². The van der Waals surface area contributed by atoms with E-state index < -0.39 is 0 Å². The largest absolute Gasteiger partial charge is 0.350 e. The average molecular weight is 361 g/mol. The molecule has 0 fully saturated rings. The zero-order valence-corrected chi connectivity index (χ0v) is 15.6. The number of amides is 1. The molecule has 0 bridgehead atoms. The van der Waals surface area contributed by atoms with Gasteiger partial charge in [-0.3, -0.25) is 4.79 Å². The average Bonchev–Trinajstić information content (AvgIpc) is 3.23. The Morgan fingerprint density at radius 2 is 2.04 bits per heavy atom. The van der Waals surface area contributed by atoms with Crippen LogP contribution in [0, 0.1) is 6.92 Å². The van der Waals surface area contributed by atoms with Crippen LogP contribution < -0.4 is 11.1 Å². The van der Waals surface area contributed by atoms with Gasteiger partial charge in [0.05, 0.1) is 0 Å². The number of aromatic nitrogens is 3. The van der Waals surface area contributed by atoms with Crippen molar-refractivity contribution in [2.45, 2.75) is 19.9 Å². The van der Waals surface area contributed by atoms with Gasteiger partial charge < -0.3 is 20.0 Å². The molecule has 0 unspecified atom stereocenters. The number of nitrogens with zero attached hydrogens (tertiary/aromatic N) is 3. The quantitative estimate of drug-likeness (QED) is 0.573. The molecule has 3 N–H and O–H groups in total. The number of hydrogen-bond acceptors (Lipinski definition) is 3. The van der Waals surface area contributed by atoms with E-state index in [0.29, 0.717) is 18.8 Å². The van der Waals surface area contributed by atoms with Crippen LogP contribution in [0.15, 0.2) is 48.9 Å². The fraction of sp³-hybridized carbons (Fsp3) is 0.238. The lowest BCUT2D eigenvalue weighted by atomic mass is 10.1. The smallest absolute Gasteiger partial charge is 0.271 e. The van der Waals surface area contributed by atoms with Gasteiger partial charge in [0.25, 0.3) is 5.91 Å². The summed E-state index contributed by atoms with van der Waals surface area (Å²) in [7, 11) is 2.05. The lowest BCUT2D eigenvalue weighted by Crippen LogP contribution is -2.25. The van der Waals surface area contributed by atoms with Crippen molar-refractivity contribution in [1.82, 2.24) is 19.3 Å². The van der Waals surface area contributed by atoms with Gasteiger partial charge in [-0.1, -0.05) is 18.2 Å². The Hall–Kier alpha value is -3.12. The van der Waals surface area contributed by atoms with Crippen LogP contribution in [-0.2, 0) is 20.0 Å². The van der Waals surface area contributed by atoms with Crippen LogP contribution in [0.3, 0.4) is 0 Å². The Labute approximate surface area is 157 Å². The number of benzene rings is 1. The second kappa shape index (κ2) is 6.89. The van der Waals surface area contributed by atoms with Crippen LogP contribution in [0.1, 0.15) is 27.2 Å². The Balaban J connectivity index is 1.47. The van der Waals surface area contributed by atoms with Gasteiger partial charge in [-0.25, -0.2) is 4.98 Å². The van der Waals surface area contributed by atoms with E-state index in [2.05, 4.69) is 53.2 Å². The van der Waals surface area contributed by atoms with Crippen molar-refractivity contribution in [2.24, 2.45) is 12.8 Å². The normalized spacial score (nSPS) is 11.4. The van der Waals surface area contributed by atoms with Crippen molar-refractivity contribution in [1.29, 1.82) is 0 Å². The Morgan fingerprint density at radius 1 is 1.19 bits per heavy atom. The SMILES string of the molecule is Cc1cccc2c1c(CCNC(=O)c1cn3cc(CN)ccc3n1)cn2C. The molecule has 3 aromatic heterocycles. The van der Waals surface area contributed by atoms with Gasteiger partial charge in [-0.2, -0.15) is 0 Å². The van der Waals surface area contributed by atoms with Gasteiger partial charge in [-0.15, -0.1) is 0 Å². The van der Waals surface area contributed by atoms with Crippen molar-refractivity contribution in [2.75, 3.05) is 6.54 Å². The predicted molar refractivity (Wildman–Crippen MR) is 107 cm³/mol. The van der Waals surface area contributed by atoms with E-state index >= 15 is 0 Å². The van der Waals surface area contributed by atoms with Gasteiger partial charge >= 0.3 is 0 Å². The zero-order chi connectivity index (χ0) is 19.0. The molecule has 138 valence electrons. The molecule has 0 spiro atoms. The van der Waals surface area contributed by atoms with Crippen molar-refractivity contribution in [3.8, 4) is 0 Å². The summed E-state index contributed by atoms with van der Waals surface area (Å²) < 4.78 is 3.97. The molecule has 0 atom stereocenters. The second-order valence-corrected chi connectivity index (χ2v) is 6.87. The molecule has 0 saturated carbocycles. The van der Waals surface area contributed by atoms with E-state index in [-0.39, 0.29) is 5.91 Å². The fourth-order valence-electron chi connectivity index (χ4n) is 3.59. The van der Waals surface area contributed by atoms with Crippen LogP contribution in [0.25, 0.3) is 16.6 Å². The third-order valence-electron chi connectivity index (χ3n) is 4.96. The number of pyridine rings is 1. The standard InChI is InChI=1S/C21H23N5O/c1-14-4-3-5-18-20(14)16(12-25(18)2)8-9-23-21(27)17-13-26-11-15(10-22)6-7-19(26)24-17/h3-7,11-13H,8-10,22H2,1-2H3,(H,23,27). The summed E-state index contributed by atoms with van der Waals surface area (Å²) in [4.78, 5) is 16.9. The molecular weight excluding hydrogens is 338 g/mol. The number of nitrogens with one attached hydrogen (secondary N) is 1. The first kappa shape index (κ1) is 17.3. The molecule has 6 nitrogen and oxygen atoms in total. The highest BCUT2D eigenvalue weighted by molar-refractivity contribution is 5.93. The van der Waals surface area contributed by atoms with Crippen molar-refractivity contribution in [3.63, 3.8) is 0 Å². The molecule has 0 radical (unpaired) electrons. The zero-order valence-electron chi connectivity index (χ0n) is 15.6. The summed E-state index contributed by atoms with van der Waals surface area (Å²) in [6.07, 6.45) is 6.56. The summed E-state index contributed by atoms with van der Waals surface area (Å²) in [5.41, 5.74) is 11.5. The van der Waals surface area contributed by atoms with Crippen LogP contribution in [0.4, 0.5) is 0 Å². The van der Waals surface area contributed by atoms with E-state index in [1.165, 1.54) is 22.0 Å². The van der Waals surface area contributed by atoms with E-state index in [1.54, 1.807) is 6.20 Å². The summed E-state index contributed by atoms with van der Waals surface area (Å²) in [6, 6.07) is 10.1. The number of hydrogen-bond donors (Lipinski definition) is 2. The Morgan fingerprint density at radius 3 is 2.85 bits per heavy atom. The van der Waals surface area contributed by atoms with Crippen molar-refractivity contribution >= 4 is 22.5 Å². The van der Waals surface area contributed by atoms with Gasteiger partial charge in [0.15, 0.2) is 0 Å². The van der Waals surface area contributed by atoms with Gasteiger partial charge in [0.2, 0.25) is 0 Å². The maximum atomic E-state index is 12.5. The van der Waals surface area contributed by atoms with Gasteiger partial charge in [0, 0.05) is 49.6 Å². The first-order valence-electron chi connectivity index (χ1n) is 9.06. The molecule has 1 aromatic carbocycles. The van der Waals surface area contributed by atoms with Crippen molar-refractivity contribution < 1.29 is 4.79 Å². The molecule has 1 amide bonds. The highest BCUT2D eigenvalue weighted by Gasteiger charge is 2.12. The number of fused-ring (bicyclic) bond motifs is 2. The topological polar surface area (TPSA) is 77.3 Å². The van der Waals surface area contributed by atoms with Crippen LogP contribution in [0.2, 0.25) is 0 Å². The third kappa shape index (κ3) is 3.19. The minimum absolute atomic E-state index is 0.162. The van der Waals surface area contributed by atoms with E-state index in [1.807, 2.05) is 22.7 Å². The Kier molecular flexibility index (Phi) is 4.41. The molecule has 0 aliphatic rings. The fourth-order valence-corrected chi connectivity index (χ4v) is 3.59. The number of carbonyl (C=O) groups is 1. The molecule has 0 aliphatic carbocycles. The maximum absolute atomic E-state index is 12.5. The second-order valence-electron chi connectivity index (χ2n) is 6.87. The molecule has 0 aliphatic heterocycles. The number of nitrogens with two attached hydrogens (primary N) is 1. The highest BCUT2D eigenvalue weighted by Crippen LogP contribution is 2.24. The highest BCUT2D eigenvalue weighted by atomic mass is 16.1. The Bertz CT molecular complexity index is 1140. The van der Waals surface area contributed by atoms with Crippen molar-refractivity contribution in [3.05, 3.63) is 71.3 Å². The maximum Gasteiger partial charge on any atom is 0.271 e. The number of carbonyl (C=O) groups excluding carboxylic acids is 1. The van der Waals surface area contributed by atoms with E-state index in [4.69, 9.17) is 5.73 Å². The number of aryl methyl sites for hydroxylation is 2. The van der Waals surface area contributed by atoms with E-state index in [9.17, 15) is 4.79 Å². The van der Waals surface area contributed by atoms with Crippen LogP contribution in [-0.4, -0.2) is 26.4 Å². The molecule has 3 heterocycles. The first-order chi connectivity index (χ1) is 13.1. The monoisotopic (exact) mass is 361 g/mol. The van der Waals surface area contributed by atoms with Gasteiger partial charge in [-0.05, 0) is 42.2 Å². The van der Waals surface area contributed by atoms with Crippen LogP contribution in [0.5, 0.6) is 0 Å². The molecular formula is C21H23N5O. The predicted octanol–water partition coefficient (Wildman–Crippen LogP) is 2.57. The lowest BCUT2D eigenvalue weighted by Gasteiger charge is -2.04. The summed E-state index contributed by atoms with van der Waals surface area (Å²) in [6.45, 7) is 3.14. The molecule has 6 heteroatoms. The molecule has 27 heavy (non-hydrogen) atoms.